The van der Waals surface area contributed by atoms with E-state index < -0.39 is 18.6 Å². The molecule has 2 fully saturated rings. The SMILES string of the molecule is C=C(c1oc2ccccc2c1N=C(C)C(F)F)N1C[C@@H](OC(=NC)N(c2ccc(Cl)cc2Cl)[C@@H]2CCOCC2C)C[C@H]1C=O. The number of rotatable bonds is 8. The number of para-hydroxylation sites is 1. The molecule has 2 aliphatic rings. The van der Waals surface area contributed by atoms with Crippen LogP contribution in [0.1, 0.15) is 32.4 Å². The van der Waals surface area contributed by atoms with E-state index in [4.69, 9.17) is 37.1 Å². The molecule has 3 aromatic rings. The number of likely N-dealkylation sites (tertiary alicyclic amines) is 1. The molecule has 4 atom stereocenters. The van der Waals surface area contributed by atoms with Crippen LogP contribution < -0.4 is 4.90 Å². The van der Waals surface area contributed by atoms with Crippen LogP contribution in [0.25, 0.3) is 16.7 Å². The van der Waals surface area contributed by atoms with Crippen molar-refractivity contribution in [2.75, 3.05) is 31.7 Å². The van der Waals surface area contributed by atoms with Crippen molar-refractivity contribution in [2.45, 2.75) is 51.3 Å². The average molecular weight is 648 g/mol. The van der Waals surface area contributed by atoms with E-state index in [0.29, 0.717) is 58.1 Å². The summed E-state index contributed by atoms with van der Waals surface area (Å²) in [4.78, 5) is 24.8. The molecule has 44 heavy (non-hydrogen) atoms. The monoisotopic (exact) mass is 646 g/mol. The third-order valence-corrected chi connectivity index (χ3v) is 8.55. The summed E-state index contributed by atoms with van der Waals surface area (Å²) in [5, 5.41) is 1.52. The summed E-state index contributed by atoms with van der Waals surface area (Å²) in [7, 11) is 1.64. The van der Waals surface area contributed by atoms with Gasteiger partial charge in [-0.25, -0.2) is 18.8 Å². The fraction of sp³-hybridized carbons (Fsp3) is 0.406. The van der Waals surface area contributed by atoms with Gasteiger partial charge in [0.15, 0.2) is 5.76 Å². The lowest BCUT2D eigenvalue weighted by molar-refractivity contribution is -0.110. The first kappa shape index (κ1) is 31.9. The van der Waals surface area contributed by atoms with Gasteiger partial charge in [-0.1, -0.05) is 48.8 Å². The highest BCUT2D eigenvalue weighted by molar-refractivity contribution is 6.36. The molecule has 2 saturated heterocycles. The second-order valence-corrected chi connectivity index (χ2v) is 11.8. The van der Waals surface area contributed by atoms with Gasteiger partial charge in [0, 0.05) is 42.4 Å². The van der Waals surface area contributed by atoms with Gasteiger partial charge in [-0.15, -0.1) is 0 Å². The minimum Gasteiger partial charge on any atom is -0.460 e. The van der Waals surface area contributed by atoms with Crippen molar-refractivity contribution in [3.05, 3.63) is 64.8 Å². The maximum Gasteiger partial charge on any atom is 0.292 e. The molecule has 12 heteroatoms. The molecular weight excluding hydrogens is 613 g/mol. The van der Waals surface area contributed by atoms with E-state index in [-0.39, 0.29) is 35.7 Å². The van der Waals surface area contributed by atoms with Crippen LogP contribution in [0.4, 0.5) is 20.2 Å². The van der Waals surface area contributed by atoms with Gasteiger partial charge in [0.25, 0.3) is 12.4 Å². The van der Waals surface area contributed by atoms with E-state index >= 15 is 0 Å². The minimum atomic E-state index is -2.74. The number of furan rings is 1. The van der Waals surface area contributed by atoms with Crippen molar-refractivity contribution >= 4 is 69.3 Å². The first-order chi connectivity index (χ1) is 21.1. The Kier molecular flexibility index (Phi) is 9.92. The van der Waals surface area contributed by atoms with Crippen molar-refractivity contribution in [1.82, 2.24) is 4.90 Å². The zero-order valence-electron chi connectivity index (χ0n) is 24.7. The summed E-state index contributed by atoms with van der Waals surface area (Å²) in [6.07, 6.45) is -1.33. The van der Waals surface area contributed by atoms with Crippen molar-refractivity contribution in [2.24, 2.45) is 15.9 Å². The number of ether oxygens (including phenoxy) is 2. The van der Waals surface area contributed by atoms with Gasteiger partial charge < -0.3 is 23.6 Å². The van der Waals surface area contributed by atoms with Crippen LogP contribution in [0.2, 0.25) is 10.0 Å². The lowest BCUT2D eigenvalue weighted by Gasteiger charge is -2.40. The van der Waals surface area contributed by atoms with E-state index in [1.165, 1.54) is 6.92 Å². The molecule has 8 nitrogen and oxygen atoms in total. The number of aldehydes is 1. The quantitative estimate of drug-likeness (QED) is 0.142. The van der Waals surface area contributed by atoms with Crippen LogP contribution in [0.3, 0.4) is 0 Å². The van der Waals surface area contributed by atoms with Crippen LogP contribution >= 0.6 is 23.2 Å². The smallest absolute Gasteiger partial charge is 0.292 e. The summed E-state index contributed by atoms with van der Waals surface area (Å²) in [6, 6.07) is 12.0. The number of carbonyl (C=O) groups is 1. The predicted molar refractivity (Wildman–Crippen MR) is 171 cm³/mol. The Bertz CT molecular complexity index is 1590. The van der Waals surface area contributed by atoms with Gasteiger partial charge in [0.1, 0.15) is 23.7 Å². The normalized spacial score (nSPS) is 23.0. The predicted octanol–water partition coefficient (Wildman–Crippen LogP) is 7.64. The zero-order chi connectivity index (χ0) is 31.5. The van der Waals surface area contributed by atoms with Crippen LogP contribution in [-0.2, 0) is 14.3 Å². The molecule has 0 spiro atoms. The van der Waals surface area contributed by atoms with Crippen LogP contribution in [0, 0.1) is 5.92 Å². The van der Waals surface area contributed by atoms with E-state index in [1.807, 2.05) is 11.0 Å². The first-order valence-electron chi connectivity index (χ1n) is 14.3. The van der Waals surface area contributed by atoms with Crippen LogP contribution in [0.5, 0.6) is 0 Å². The summed E-state index contributed by atoms with van der Waals surface area (Å²) in [5.41, 5.74) is 1.40. The largest absolute Gasteiger partial charge is 0.460 e. The van der Waals surface area contributed by atoms with E-state index in [9.17, 15) is 13.6 Å². The number of amidine groups is 1. The number of fused-ring (bicyclic) bond motifs is 1. The summed E-state index contributed by atoms with van der Waals surface area (Å²) in [5.74, 6) is 0.357. The topological polar surface area (TPSA) is 79.9 Å². The fourth-order valence-corrected chi connectivity index (χ4v) is 6.26. The van der Waals surface area contributed by atoms with Gasteiger partial charge in [-0.05, 0) is 43.7 Å². The Morgan fingerprint density at radius 1 is 1.25 bits per heavy atom. The van der Waals surface area contributed by atoms with E-state index in [0.717, 1.165) is 12.7 Å². The third-order valence-electron chi connectivity index (χ3n) is 8.01. The molecule has 5 rings (SSSR count). The molecule has 0 saturated carbocycles. The number of benzene rings is 2. The third kappa shape index (κ3) is 6.48. The van der Waals surface area contributed by atoms with Crippen LogP contribution in [0.15, 0.2) is 63.4 Å². The van der Waals surface area contributed by atoms with Crippen molar-refractivity contribution < 1.29 is 27.5 Å². The van der Waals surface area contributed by atoms with E-state index in [1.54, 1.807) is 48.3 Å². The van der Waals surface area contributed by atoms with Gasteiger partial charge >= 0.3 is 0 Å². The Labute approximate surface area is 264 Å². The molecule has 1 unspecified atom stereocenters. The second kappa shape index (κ2) is 13.7. The Balaban J connectivity index is 1.45. The maximum atomic E-state index is 13.5. The summed E-state index contributed by atoms with van der Waals surface area (Å²) < 4.78 is 45.3. The number of hydrogen-bond acceptors (Lipinski definition) is 7. The zero-order valence-corrected chi connectivity index (χ0v) is 26.2. The van der Waals surface area contributed by atoms with Gasteiger partial charge in [-0.3, -0.25) is 4.90 Å². The number of hydrogen-bond donors (Lipinski definition) is 0. The number of anilines is 1. The fourth-order valence-electron chi connectivity index (χ4n) is 5.76. The highest BCUT2D eigenvalue weighted by atomic mass is 35.5. The highest BCUT2D eigenvalue weighted by Crippen LogP contribution is 2.41. The molecule has 0 N–H and O–H groups in total. The molecule has 0 aliphatic carbocycles. The lowest BCUT2D eigenvalue weighted by Crippen LogP contribution is -2.50. The van der Waals surface area contributed by atoms with Gasteiger partial charge in [0.05, 0.1) is 41.3 Å². The van der Waals surface area contributed by atoms with Gasteiger partial charge in [0.2, 0.25) is 0 Å². The number of aliphatic imine (C=N–C) groups is 2. The van der Waals surface area contributed by atoms with E-state index in [2.05, 4.69) is 23.5 Å². The number of halogens is 4. The summed E-state index contributed by atoms with van der Waals surface area (Å²) >= 11 is 12.9. The molecule has 234 valence electrons. The van der Waals surface area contributed by atoms with Crippen molar-refractivity contribution in [1.29, 1.82) is 0 Å². The average Bonchev–Trinajstić information content (AvgIpc) is 3.59. The van der Waals surface area contributed by atoms with Crippen LogP contribution in [-0.4, -0.2) is 74.3 Å². The molecule has 2 aliphatic heterocycles. The first-order valence-corrected chi connectivity index (χ1v) is 15.1. The Hall–Kier alpha value is -3.47. The van der Waals surface area contributed by atoms with Crippen molar-refractivity contribution in [3.63, 3.8) is 0 Å². The molecule has 0 bridgehead atoms. The highest BCUT2D eigenvalue weighted by Gasteiger charge is 2.39. The molecule has 0 radical (unpaired) electrons. The molecule has 3 heterocycles. The minimum absolute atomic E-state index is 0.0236. The van der Waals surface area contributed by atoms with Gasteiger partial charge in [-0.2, -0.15) is 0 Å². The number of nitrogens with zero attached hydrogens (tertiary/aromatic N) is 4. The summed E-state index contributed by atoms with van der Waals surface area (Å²) in [6.45, 7) is 8.98. The van der Waals surface area contributed by atoms with Crippen molar-refractivity contribution in [3.8, 4) is 0 Å². The Morgan fingerprint density at radius 2 is 2.02 bits per heavy atom. The lowest BCUT2D eigenvalue weighted by atomic mass is 9.95. The molecule has 0 amide bonds. The molecular formula is C32H34Cl2F2N4O4. The molecule has 2 aromatic carbocycles. The maximum absolute atomic E-state index is 13.5. The number of carbonyl (C=O) groups excluding carboxylic acids is 1. The second-order valence-electron chi connectivity index (χ2n) is 11.0. The molecule has 1 aromatic heterocycles. The standard InChI is InChI=1S/C32H34Cl2F2N4O4/c1-18-17-42-12-11-26(18)40(27-10-9-21(33)13-25(27)34)32(37-4)43-23-14-22(16-41)39(15-23)20(3)30-29(38-19(2)31(35)36)24-7-5-6-8-28(24)44-30/h5-10,13,16,18,22-23,26,31H,3,11-12,14-15,17H2,1-2,4H3/t18?,22-,23-,26+/m0/s1. The number of alkyl halides is 2. The Morgan fingerprint density at radius 3 is 2.70 bits per heavy atom.